The third kappa shape index (κ3) is 3.30. The SMILES string of the molecule is CCCn1ccnc1CC(O)C1CCCNC1. The Morgan fingerprint density at radius 2 is 2.53 bits per heavy atom. The number of aliphatic hydroxyl groups excluding tert-OH is 1. The third-order valence-corrected chi connectivity index (χ3v) is 3.54. The van der Waals surface area contributed by atoms with E-state index in [1.807, 2.05) is 12.4 Å². The molecule has 1 aliphatic heterocycles. The van der Waals surface area contributed by atoms with Crippen molar-refractivity contribution in [3.05, 3.63) is 18.2 Å². The van der Waals surface area contributed by atoms with Gasteiger partial charge in [-0.05, 0) is 31.7 Å². The Morgan fingerprint density at radius 1 is 1.65 bits per heavy atom. The topological polar surface area (TPSA) is 50.1 Å². The van der Waals surface area contributed by atoms with E-state index in [2.05, 4.69) is 21.8 Å². The fourth-order valence-electron chi connectivity index (χ4n) is 2.54. The minimum atomic E-state index is -0.263. The highest BCUT2D eigenvalue weighted by Gasteiger charge is 2.22. The molecule has 1 aromatic heterocycles. The van der Waals surface area contributed by atoms with Gasteiger partial charge >= 0.3 is 0 Å². The van der Waals surface area contributed by atoms with Crippen LogP contribution in [0.5, 0.6) is 0 Å². The number of piperidine rings is 1. The fraction of sp³-hybridized carbons (Fsp3) is 0.769. The molecule has 0 aliphatic carbocycles. The van der Waals surface area contributed by atoms with Crippen molar-refractivity contribution in [3.63, 3.8) is 0 Å². The predicted molar refractivity (Wildman–Crippen MR) is 67.8 cm³/mol. The maximum absolute atomic E-state index is 10.2. The molecule has 17 heavy (non-hydrogen) atoms. The molecule has 0 radical (unpaired) electrons. The van der Waals surface area contributed by atoms with Gasteiger partial charge in [0.2, 0.25) is 0 Å². The first kappa shape index (κ1) is 12.6. The number of hydrogen-bond donors (Lipinski definition) is 2. The number of aromatic nitrogens is 2. The summed E-state index contributed by atoms with van der Waals surface area (Å²) < 4.78 is 2.15. The number of rotatable bonds is 5. The average molecular weight is 237 g/mol. The van der Waals surface area contributed by atoms with Gasteiger partial charge in [-0.2, -0.15) is 0 Å². The molecule has 0 amide bonds. The fourth-order valence-corrected chi connectivity index (χ4v) is 2.54. The van der Waals surface area contributed by atoms with Gasteiger partial charge in [0.25, 0.3) is 0 Å². The molecule has 2 atom stereocenters. The van der Waals surface area contributed by atoms with Crippen LogP contribution >= 0.6 is 0 Å². The molecular formula is C13H23N3O. The molecule has 4 heteroatoms. The summed E-state index contributed by atoms with van der Waals surface area (Å²) in [7, 11) is 0. The van der Waals surface area contributed by atoms with Crippen LogP contribution in [0.3, 0.4) is 0 Å². The van der Waals surface area contributed by atoms with Crippen LogP contribution < -0.4 is 5.32 Å². The first-order chi connectivity index (χ1) is 8.31. The zero-order valence-corrected chi connectivity index (χ0v) is 10.6. The second kappa shape index (κ2) is 6.17. The molecule has 1 aromatic rings. The number of hydrogen-bond acceptors (Lipinski definition) is 3. The van der Waals surface area contributed by atoms with Crippen molar-refractivity contribution in [1.29, 1.82) is 0 Å². The van der Waals surface area contributed by atoms with Crippen molar-refractivity contribution in [3.8, 4) is 0 Å². The summed E-state index contributed by atoms with van der Waals surface area (Å²) in [5, 5.41) is 13.6. The Morgan fingerprint density at radius 3 is 3.24 bits per heavy atom. The van der Waals surface area contributed by atoms with E-state index in [0.29, 0.717) is 12.3 Å². The van der Waals surface area contributed by atoms with Gasteiger partial charge in [0, 0.05) is 31.9 Å². The summed E-state index contributed by atoms with van der Waals surface area (Å²) in [6, 6.07) is 0. The standard InChI is InChI=1S/C13H23N3O/c1-2-7-16-8-6-15-13(16)9-12(17)11-4-3-5-14-10-11/h6,8,11-12,14,17H,2-5,7,9-10H2,1H3. The number of aliphatic hydroxyl groups is 1. The van der Waals surface area contributed by atoms with Crippen molar-refractivity contribution >= 4 is 0 Å². The van der Waals surface area contributed by atoms with Crippen molar-refractivity contribution in [2.45, 2.75) is 45.3 Å². The van der Waals surface area contributed by atoms with E-state index >= 15 is 0 Å². The lowest BCUT2D eigenvalue weighted by Crippen LogP contribution is -2.38. The Labute approximate surface area is 103 Å². The van der Waals surface area contributed by atoms with E-state index < -0.39 is 0 Å². The third-order valence-electron chi connectivity index (χ3n) is 3.54. The molecule has 0 saturated carbocycles. The summed E-state index contributed by atoms with van der Waals surface area (Å²) >= 11 is 0. The van der Waals surface area contributed by atoms with Gasteiger partial charge in [0.1, 0.15) is 5.82 Å². The summed E-state index contributed by atoms with van der Waals surface area (Å²) in [6.45, 7) is 5.18. The van der Waals surface area contributed by atoms with E-state index in [4.69, 9.17) is 0 Å². The molecule has 0 aromatic carbocycles. The summed E-state index contributed by atoms with van der Waals surface area (Å²) in [4.78, 5) is 4.35. The first-order valence-electron chi connectivity index (χ1n) is 6.70. The molecule has 1 saturated heterocycles. The molecule has 2 unspecified atom stereocenters. The lowest BCUT2D eigenvalue weighted by atomic mass is 9.92. The molecule has 0 bridgehead atoms. The van der Waals surface area contributed by atoms with E-state index in [1.165, 1.54) is 6.42 Å². The average Bonchev–Trinajstić information content (AvgIpc) is 2.78. The molecule has 1 fully saturated rings. The highest BCUT2D eigenvalue weighted by atomic mass is 16.3. The van der Waals surface area contributed by atoms with Crippen LogP contribution in [-0.2, 0) is 13.0 Å². The maximum Gasteiger partial charge on any atom is 0.111 e. The van der Waals surface area contributed by atoms with Crippen LogP contribution in [0.1, 0.15) is 32.0 Å². The molecule has 2 rings (SSSR count). The zero-order chi connectivity index (χ0) is 12.1. The number of nitrogens with one attached hydrogen (secondary N) is 1. The van der Waals surface area contributed by atoms with Gasteiger partial charge in [-0.15, -0.1) is 0 Å². The summed E-state index contributed by atoms with van der Waals surface area (Å²) in [6.07, 6.45) is 7.65. The number of aryl methyl sites for hydroxylation is 1. The first-order valence-corrected chi connectivity index (χ1v) is 6.70. The lowest BCUT2D eigenvalue weighted by Gasteiger charge is -2.27. The van der Waals surface area contributed by atoms with Crippen LogP contribution in [-0.4, -0.2) is 33.9 Å². The highest BCUT2D eigenvalue weighted by Crippen LogP contribution is 2.17. The number of nitrogens with zero attached hydrogens (tertiary/aromatic N) is 2. The largest absolute Gasteiger partial charge is 0.392 e. The molecular weight excluding hydrogens is 214 g/mol. The molecule has 2 N–H and O–H groups in total. The molecule has 1 aliphatic rings. The zero-order valence-electron chi connectivity index (χ0n) is 10.6. The van der Waals surface area contributed by atoms with Gasteiger partial charge in [0.15, 0.2) is 0 Å². The Bertz CT molecular complexity index is 331. The minimum absolute atomic E-state index is 0.263. The van der Waals surface area contributed by atoms with Gasteiger partial charge in [-0.25, -0.2) is 4.98 Å². The van der Waals surface area contributed by atoms with Gasteiger partial charge < -0.3 is 15.0 Å². The Hall–Kier alpha value is -0.870. The van der Waals surface area contributed by atoms with E-state index in [1.54, 1.807) is 0 Å². The van der Waals surface area contributed by atoms with Crippen LogP contribution in [0.4, 0.5) is 0 Å². The van der Waals surface area contributed by atoms with Crippen molar-refractivity contribution in [1.82, 2.24) is 14.9 Å². The second-order valence-electron chi connectivity index (χ2n) is 4.91. The molecule has 0 spiro atoms. The van der Waals surface area contributed by atoms with E-state index in [9.17, 15) is 5.11 Å². The van der Waals surface area contributed by atoms with E-state index in [-0.39, 0.29) is 6.10 Å². The van der Waals surface area contributed by atoms with Crippen LogP contribution in [0.25, 0.3) is 0 Å². The highest BCUT2D eigenvalue weighted by molar-refractivity contribution is 4.95. The monoisotopic (exact) mass is 237 g/mol. The normalized spacial score (nSPS) is 22.6. The van der Waals surface area contributed by atoms with Crippen LogP contribution in [0, 0.1) is 5.92 Å². The quantitative estimate of drug-likeness (QED) is 0.809. The van der Waals surface area contributed by atoms with Gasteiger partial charge in [-0.1, -0.05) is 6.92 Å². The smallest absolute Gasteiger partial charge is 0.111 e. The molecule has 4 nitrogen and oxygen atoms in total. The molecule has 2 heterocycles. The predicted octanol–water partition coefficient (Wildman–Crippen LogP) is 1.20. The van der Waals surface area contributed by atoms with Crippen molar-refractivity contribution in [2.24, 2.45) is 5.92 Å². The maximum atomic E-state index is 10.2. The van der Waals surface area contributed by atoms with Crippen molar-refractivity contribution in [2.75, 3.05) is 13.1 Å². The summed E-state index contributed by atoms with van der Waals surface area (Å²) in [5.74, 6) is 1.40. The van der Waals surface area contributed by atoms with Gasteiger partial charge in [-0.3, -0.25) is 0 Å². The second-order valence-corrected chi connectivity index (χ2v) is 4.91. The minimum Gasteiger partial charge on any atom is -0.392 e. The summed E-state index contributed by atoms with van der Waals surface area (Å²) in [5.41, 5.74) is 0. The molecule has 96 valence electrons. The van der Waals surface area contributed by atoms with Crippen LogP contribution in [0.15, 0.2) is 12.4 Å². The van der Waals surface area contributed by atoms with E-state index in [0.717, 1.165) is 38.3 Å². The van der Waals surface area contributed by atoms with Crippen molar-refractivity contribution < 1.29 is 5.11 Å². The lowest BCUT2D eigenvalue weighted by molar-refractivity contribution is 0.0896. The van der Waals surface area contributed by atoms with Gasteiger partial charge in [0.05, 0.1) is 6.10 Å². The Balaban J connectivity index is 1.92. The number of imidazole rings is 1. The van der Waals surface area contributed by atoms with Crippen LogP contribution in [0.2, 0.25) is 0 Å². The Kier molecular flexibility index (Phi) is 4.57.